The summed E-state index contributed by atoms with van der Waals surface area (Å²) in [5.74, 6) is -0.136. The Bertz CT molecular complexity index is 271. The summed E-state index contributed by atoms with van der Waals surface area (Å²) in [7, 11) is 0. The van der Waals surface area contributed by atoms with Crippen LogP contribution in [0, 0.1) is 51.3 Å². The first-order chi connectivity index (χ1) is 6.27. The number of benzene rings is 1. The molecule has 0 radical (unpaired) electrons. The number of hydrogen-bond acceptors (Lipinski definition) is 0. The standard InChI is InChI=1S/C12H16F.CH3.U/c1-3-5-6-11-9-12(13)8-7-10(11)4-2;;/h7-9H,2-6H2,1H3;1H3;/q2*-1;+2. The molecule has 1 rings (SSSR count). The molecule has 0 aliphatic carbocycles. The van der Waals surface area contributed by atoms with Gasteiger partial charge in [0, 0.05) is 0 Å². The molecular formula is C13H19FU. The van der Waals surface area contributed by atoms with Crippen LogP contribution in [-0.2, 0) is 12.8 Å². The van der Waals surface area contributed by atoms with Crippen LogP contribution in [0.3, 0.4) is 0 Å². The van der Waals surface area contributed by atoms with E-state index in [1.54, 1.807) is 6.07 Å². The van der Waals surface area contributed by atoms with E-state index in [0.29, 0.717) is 0 Å². The molecule has 0 heterocycles. The predicted molar refractivity (Wildman–Crippen MR) is 60.5 cm³/mol. The molecule has 1 aromatic carbocycles. The molecule has 0 unspecified atom stereocenters. The Labute approximate surface area is 117 Å². The molecule has 0 aromatic heterocycles. The molecule has 0 amide bonds. The fourth-order valence-corrected chi connectivity index (χ4v) is 1.44. The van der Waals surface area contributed by atoms with Gasteiger partial charge in [-0.1, -0.05) is 25.0 Å². The molecular weight excluding hydrogens is 413 g/mol. The van der Waals surface area contributed by atoms with Crippen LogP contribution in [0.25, 0.3) is 0 Å². The van der Waals surface area contributed by atoms with Gasteiger partial charge < -0.3 is 14.4 Å². The summed E-state index contributed by atoms with van der Waals surface area (Å²) < 4.78 is 12.9. The SMILES string of the molecule is [CH2-]Cc1ccc(F)cc1CCCC.[CH3-].[U+2]. The fraction of sp³-hybridized carbons (Fsp3) is 0.385. The van der Waals surface area contributed by atoms with E-state index in [0.717, 1.165) is 31.2 Å². The van der Waals surface area contributed by atoms with Gasteiger partial charge >= 0.3 is 31.1 Å². The molecule has 0 aliphatic heterocycles. The van der Waals surface area contributed by atoms with Crippen molar-refractivity contribution < 1.29 is 35.5 Å². The maximum atomic E-state index is 12.9. The Balaban J connectivity index is 0. The Morgan fingerprint density at radius 1 is 1.27 bits per heavy atom. The van der Waals surface area contributed by atoms with Crippen molar-refractivity contribution in [3.8, 4) is 0 Å². The van der Waals surface area contributed by atoms with Crippen LogP contribution in [0.1, 0.15) is 30.9 Å². The number of hydrogen-bond donors (Lipinski definition) is 0. The second-order valence-corrected chi connectivity index (χ2v) is 3.27. The number of unbranched alkanes of at least 4 members (excludes halogenated alkanes) is 1. The molecule has 0 N–H and O–H groups in total. The van der Waals surface area contributed by atoms with Crippen LogP contribution in [-0.4, -0.2) is 0 Å². The maximum Gasteiger partial charge on any atom is 2.00 e. The minimum absolute atomic E-state index is 0. The number of aryl methyl sites for hydroxylation is 1. The van der Waals surface area contributed by atoms with Crippen molar-refractivity contribution in [3.05, 3.63) is 49.5 Å². The van der Waals surface area contributed by atoms with Gasteiger partial charge in [-0.2, -0.15) is 6.42 Å². The van der Waals surface area contributed by atoms with Gasteiger partial charge in [0.25, 0.3) is 0 Å². The first kappa shape index (κ1) is 17.6. The van der Waals surface area contributed by atoms with Crippen molar-refractivity contribution in [1.82, 2.24) is 0 Å². The van der Waals surface area contributed by atoms with Crippen LogP contribution in [0.15, 0.2) is 18.2 Å². The van der Waals surface area contributed by atoms with Gasteiger partial charge in [0.2, 0.25) is 0 Å². The minimum atomic E-state index is -0.136. The van der Waals surface area contributed by atoms with Gasteiger partial charge in [0.1, 0.15) is 5.82 Å². The largest absolute Gasteiger partial charge is 2.00 e. The van der Waals surface area contributed by atoms with Crippen molar-refractivity contribution in [1.29, 1.82) is 0 Å². The molecule has 1 aromatic rings. The predicted octanol–water partition coefficient (Wildman–Crippen LogP) is 4.00. The number of halogens is 1. The van der Waals surface area contributed by atoms with E-state index in [2.05, 4.69) is 13.8 Å². The first-order valence-electron chi connectivity index (χ1n) is 4.84. The molecule has 0 spiro atoms. The molecule has 0 bridgehead atoms. The van der Waals surface area contributed by atoms with E-state index < -0.39 is 0 Å². The van der Waals surface area contributed by atoms with Gasteiger partial charge in [-0.3, -0.25) is 0 Å². The second-order valence-electron chi connectivity index (χ2n) is 3.27. The third-order valence-corrected chi connectivity index (χ3v) is 2.24. The van der Waals surface area contributed by atoms with Crippen LogP contribution in [0.5, 0.6) is 0 Å². The smallest absolute Gasteiger partial charge is 0.358 e. The normalized spacial score (nSPS) is 9.00. The molecule has 2 heteroatoms. The van der Waals surface area contributed by atoms with Crippen molar-refractivity contribution in [2.75, 3.05) is 0 Å². The van der Waals surface area contributed by atoms with Crippen molar-refractivity contribution in [2.45, 2.75) is 32.6 Å². The molecule has 0 saturated heterocycles. The van der Waals surface area contributed by atoms with Crippen LogP contribution < -0.4 is 0 Å². The van der Waals surface area contributed by atoms with Gasteiger partial charge in [-0.15, -0.1) is 0 Å². The van der Waals surface area contributed by atoms with E-state index in [1.165, 1.54) is 11.6 Å². The van der Waals surface area contributed by atoms with E-state index >= 15 is 0 Å². The van der Waals surface area contributed by atoms with E-state index in [1.807, 2.05) is 6.07 Å². The monoisotopic (exact) mass is 432 g/mol. The second kappa shape index (κ2) is 9.43. The minimum Gasteiger partial charge on any atom is -0.358 e. The average Bonchev–Trinajstić information content (AvgIpc) is 2.15. The van der Waals surface area contributed by atoms with Crippen LogP contribution in [0.4, 0.5) is 4.39 Å². The molecule has 0 saturated carbocycles. The fourth-order valence-electron chi connectivity index (χ4n) is 1.44. The maximum absolute atomic E-state index is 12.9. The summed E-state index contributed by atoms with van der Waals surface area (Å²) in [6.07, 6.45) is 3.99. The molecule has 0 aliphatic rings. The van der Waals surface area contributed by atoms with Gasteiger partial charge in [0.05, 0.1) is 0 Å². The zero-order valence-electron chi connectivity index (χ0n) is 9.65. The van der Waals surface area contributed by atoms with Crippen LogP contribution in [0.2, 0.25) is 0 Å². The molecule has 0 atom stereocenters. The zero-order valence-corrected chi connectivity index (χ0v) is 13.8. The zero-order chi connectivity index (χ0) is 9.68. The van der Waals surface area contributed by atoms with E-state index in [-0.39, 0.29) is 44.4 Å². The van der Waals surface area contributed by atoms with Gasteiger partial charge in [-0.25, -0.2) is 4.39 Å². The van der Waals surface area contributed by atoms with Crippen molar-refractivity contribution in [2.24, 2.45) is 0 Å². The van der Waals surface area contributed by atoms with Crippen molar-refractivity contribution in [3.63, 3.8) is 0 Å². The average molecular weight is 432 g/mol. The topological polar surface area (TPSA) is 0 Å². The molecule has 82 valence electrons. The third kappa shape index (κ3) is 5.73. The van der Waals surface area contributed by atoms with E-state index in [9.17, 15) is 4.39 Å². The first-order valence-corrected chi connectivity index (χ1v) is 4.84. The Morgan fingerprint density at radius 3 is 2.47 bits per heavy atom. The van der Waals surface area contributed by atoms with Crippen LogP contribution >= 0.6 is 0 Å². The molecule has 0 fully saturated rings. The molecule has 15 heavy (non-hydrogen) atoms. The Kier molecular flexibility index (Phi) is 11.1. The third-order valence-electron chi connectivity index (χ3n) is 2.24. The van der Waals surface area contributed by atoms with Gasteiger partial charge in [0.15, 0.2) is 0 Å². The summed E-state index contributed by atoms with van der Waals surface area (Å²) in [4.78, 5) is 0. The summed E-state index contributed by atoms with van der Waals surface area (Å²) >= 11 is 0. The molecule has 0 nitrogen and oxygen atoms in total. The van der Waals surface area contributed by atoms with Crippen molar-refractivity contribution >= 4 is 0 Å². The number of rotatable bonds is 4. The quantitative estimate of drug-likeness (QED) is 0.632. The summed E-state index contributed by atoms with van der Waals surface area (Å²) in [5.41, 5.74) is 2.30. The van der Waals surface area contributed by atoms with E-state index in [4.69, 9.17) is 0 Å². The summed E-state index contributed by atoms with van der Waals surface area (Å²) in [6.45, 7) is 5.97. The van der Waals surface area contributed by atoms with Gasteiger partial charge in [-0.05, 0) is 30.5 Å². The summed E-state index contributed by atoms with van der Waals surface area (Å²) in [6, 6.07) is 4.99. The Morgan fingerprint density at radius 2 is 1.93 bits per heavy atom. The Hall–Kier alpha value is 0.202. The summed E-state index contributed by atoms with van der Waals surface area (Å²) in [5, 5.41) is 0.